The number of amides is 2. The van der Waals surface area contributed by atoms with E-state index in [4.69, 9.17) is 0 Å². The lowest BCUT2D eigenvalue weighted by Crippen LogP contribution is -2.48. The van der Waals surface area contributed by atoms with Crippen molar-refractivity contribution in [1.82, 2.24) is 26.0 Å². The van der Waals surface area contributed by atoms with Crippen molar-refractivity contribution in [2.45, 2.75) is 18.8 Å². The highest BCUT2D eigenvalue weighted by molar-refractivity contribution is 5.99. The molecule has 0 bridgehead atoms. The van der Waals surface area contributed by atoms with Gasteiger partial charge in [0.25, 0.3) is 5.91 Å². The number of halogens is 3. The third kappa shape index (κ3) is 4.88. The number of aromatic nitrogens is 3. The number of hydrogen-bond donors (Lipinski definition) is 4. The van der Waals surface area contributed by atoms with Gasteiger partial charge in [0.05, 0.1) is 12.2 Å². The van der Waals surface area contributed by atoms with Crippen molar-refractivity contribution < 1.29 is 27.9 Å². The van der Waals surface area contributed by atoms with Gasteiger partial charge in [-0.25, -0.2) is 0 Å². The van der Waals surface area contributed by atoms with Gasteiger partial charge in [0.2, 0.25) is 5.91 Å². The van der Waals surface area contributed by atoms with Gasteiger partial charge in [-0.2, -0.15) is 28.6 Å². The third-order valence-corrected chi connectivity index (χ3v) is 4.13. The number of aliphatic hydroxyl groups excluding tert-OH is 1. The number of benzene rings is 2. The van der Waals surface area contributed by atoms with Gasteiger partial charge in [-0.05, 0) is 35.9 Å². The Morgan fingerprint density at radius 2 is 1.76 bits per heavy atom. The molecule has 3 rings (SSSR count). The molecule has 0 aliphatic carbocycles. The molecule has 0 saturated carbocycles. The second-order valence-corrected chi connectivity index (χ2v) is 6.15. The summed E-state index contributed by atoms with van der Waals surface area (Å²) in [6, 6.07) is 7.61. The number of carbonyl (C=O) groups excluding carboxylic acids is 2. The van der Waals surface area contributed by atoms with Crippen molar-refractivity contribution in [2.24, 2.45) is 0 Å². The van der Waals surface area contributed by atoms with Crippen molar-refractivity contribution in [1.29, 1.82) is 0 Å². The average Bonchev–Trinajstić information content (AvgIpc) is 3.17. The predicted molar refractivity (Wildman–Crippen MR) is 95.5 cm³/mol. The number of rotatable bonds is 6. The van der Waals surface area contributed by atoms with E-state index in [0.717, 1.165) is 12.1 Å². The predicted octanol–water partition coefficient (Wildman–Crippen LogP) is 1.38. The molecule has 2 amide bonds. The minimum atomic E-state index is -4.44. The Morgan fingerprint density at radius 1 is 1.07 bits per heavy atom. The van der Waals surface area contributed by atoms with Crippen LogP contribution >= 0.6 is 0 Å². The molecular weight excluding hydrogens is 391 g/mol. The summed E-state index contributed by atoms with van der Waals surface area (Å²) in [6.07, 6.45) is -4.44. The van der Waals surface area contributed by atoms with Crippen LogP contribution in [0.3, 0.4) is 0 Å². The summed E-state index contributed by atoms with van der Waals surface area (Å²) in [5.41, 5.74) is 0.892. The number of nitrogens with one attached hydrogen (secondary N) is 3. The molecule has 0 saturated heterocycles. The fourth-order valence-corrected chi connectivity index (χ4v) is 2.54. The Labute approximate surface area is 162 Å². The Bertz CT molecular complexity index is 1020. The van der Waals surface area contributed by atoms with E-state index in [1.54, 1.807) is 6.07 Å². The average molecular weight is 407 g/mol. The normalized spacial score (nSPS) is 12.6. The maximum absolute atomic E-state index is 12.6. The highest BCUT2D eigenvalue weighted by Gasteiger charge is 2.30. The minimum absolute atomic E-state index is 0.0613. The highest BCUT2D eigenvalue weighted by Crippen LogP contribution is 2.29. The first-order chi connectivity index (χ1) is 13.8. The number of alkyl halides is 3. The van der Waals surface area contributed by atoms with Crippen LogP contribution in [-0.4, -0.2) is 45.0 Å². The molecule has 8 nitrogen and oxygen atoms in total. The molecule has 0 radical (unpaired) electrons. The SMILES string of the molecule is O=C(N[C@@H](CO)C(=O)NCc1ccc(C(F)(F)F)cc1)c1ccc2n[nH]nc2c1. The van der Waals surface area contributed by atoms with Gasteiger partial charge in [0, 0.05) is 12.1 Å². The number of aromatic amines is 1. The Hall–Kier alpha value is -3.47. The number of aliphatic hydroxyl groups is 1. The molecule has 0 spiro atoms. The van der Waals surface area contributed by atoms with E-state index < -0.39 is 36.2 Å². The van der Waals surface area contributed by atoms with Crippen molar-refractivity contribution in [3.05, 3.63) is 59.2 Å². The molecule has 11 heteroatoms. The van der Waals surface area contributed by atoms with E-state index >= 15 is 0 Å². The van der Waals surface area contributed by atoms with Crippen LogP contribution in [0.25, 0.3) is 11.0 Å². The van der Waals surface area contributed by atoms with Gasteiger partial charge in [-0.1, -0.05) is 12.1 Å². The summed E-state index contributed by atoms with van der Waals surface area (Å²) >= 11 is 0. The molecule has 0 fully saturated rings. The summed E-state index contributed by atoms with van der Waals surface area (Å²) in [5.74, 6) is -1.28. The topological polar surface area (TPSA) is 120 Å². The van der Waals surface area contributed by atoms with Crippen molar-refractivity contribution in [2.75, 3.05) is 6.61 Å². The van der Waals surface area contributed by atoms with E-state index in [0.29, 0.717) is 16.6 Å². The summed E-state index contributed by atoms with van der Waals surface area (Å²) in [7, 11) is 0. The van der Waals surface area contributed by atoms with Crippen molar-refractivity contribution in [3.63, 3.8) is 0 Å². The first-order valence-electron chi connectivity index (χ1n) is 8.44. The Kier molecular flexibility index (Phi) is 5.78. The molecule has 4 N–H and O–H groups in total. The van der Waals surface area contributed by atoms with Gasteiger partial charge in [-0.15, -0.1) is 0 Å². The molecule has 152 valence electrons. The monoisotopic (exact) mass is 407 g/mol. The Morgan fingerprint density at radius 3 is 2.41 bits per heavy atom. The summed E-state index contributed by atoms with van der Waals surface area (Å²) < 4.78 is 37.7. The molecule has 0 aliphatic heterocycles. The van der Waals surface area contributed by atoms with Gasteiger partial charge < -0.3 is 15.7 Å². The second-order valence-electron chi connectivity index (χ2n) is 6.15. The largest absolute Gasteiger partial charge is 0.416 e. The van der Waals surface area contributed by atoms with Crippen molar-refractivity contribution in [3.8, 4) is 0 Å². The van der Waals surface area contributed by atoms with Crippen LogP contribution in [0.4, 0.5) is 13.2 Å². The van der Waals surface area contributed by atoms with E-state index in [-0.39, 0.29) is 12.1 Å². The summed E-state index contributed by atoms with van der Waals surface area (Å²) in [4.78, 5) is 24.5. The third-order valence-electron chi connectivity index (χ3n) is 4.13. The minimum Gasteiger partial charge on any atom is -0.394 e. The lowest BCUT2D eigenvalue weighted by Gasteiger charge is -2.16. The fourth-order valence-electron chi connectivity index (χ4n) is 2.54. The quantitative estimate of drug-likeness (QED) is 0.492. The van der Waals surface area contributed by atoms with Crippen LogP contribution in [0.2, 0.25) is 0 Å². The van der Waals surface area contributed by atoms with Crippen LogP contribution in [0.1, 0.15) is 21.5 Å². The zero-order valence-corrected chi connectivity index (χ0v) is 14.8. The zero-order valence-electron chi connectivity index (χ0n) is 14.8. The maximum Gasteiger partial charge on any atom is 0.416 e. The number of fused-ring (bicyclic) bond motifs is 1. The van der Waals surface area contributed by atoms with E-state index in [2.05, 4.69) is 26.0 Å². The Balaban J connectivity index is 1.59. The molecule has 1 aromatic heterocycles. The second kappa shape index (κ2) is 8.27. The maximum atomic E-state index is 12.6. The number of nitrogens with zero attached hydrogens (tertiary/aromatic N) is 2. The van der Waals surface area contributed by atoms with Gasteiger partial charge >= 0.3 is 6.18 Å². The summed E-state index contributed by atoms with van der Waals surface area (Å²) in [5, 5.41) is 24.4. The highest BCUT2D eigenvalue weighted by atomic mass is 19.4. The first-order valence-corrected chi connectivity index (χ1v) is 8.44. The molecule has 1 heterocycles. The number of H-pyrrole nitrogens is 1. The molecule has 2 aromatic carbocycles. The number of hydrogen-bond acceptors (Lipinski definition) is 5. The molecule has 29 heavy (non-hydrogen) atoms. The smallest absolute Gasteiger partial charge is 0.394 e. The van der Waals surface area contributed by atoms with Crippen LogP contribution in [0, 0.1) is 0 Å². The van der Waals surface area contributed by atoms with Gasteiger partial charge in [-0.3, -0.25) is 9.59 Å². The van der Waals surface area contributed by atoms with Gasteiger partial charge in [0.1, 0.15) is 17.1 Å². The van der Waals surface area contributed by atoms with E-state index in [9.17, 15) is 27.9 Å². The van der Waals surface area contributed by atoms with Crippen LogP contribution in [-0.2, 0) is 17.5 Å². The zero-order chi connectivity index (χ0) is 21.0. The molecule has 0 unspecified atom stereocenters. The number of carbonyl (C=O) groups is 2. The lowest BCUT2D eigenvalue weighted by atomic mass is 10.1. The van der Waals surface area contributed by atoms with E-state index in [1.165, 1.54) is 24.3 Å². The van der Waals surface area contributed by atoms with Crippen LogP contribution in [0.5, 0.6) is 0 Å². The standard InChI is InChI=1S/C18H16F3N5O3/c19-18(20,21)12-4-1-10(2-5-12)8-22-17(29)15(9-27)23-16(28)11-3-6-13-14(7-11)25-26-24-13/h1-7,15,27H,8-9H2,(H,22,29)(H,23,28)(H,24,25,26)/t15-/m0/s1. The lowest BCUT2D eigenvalue weighted by molar-refractivity contribution is -0.137. The first kappa shape index (κ1) is 20.3. The van der Waals surface area contributed by atoms with E-state index in [1.807, 2.05) is 0 Å². The van der Waals surface area contributed by atoms with Crippen molar-refractivity contribution >= 4 is 22.8 Å². The van der Waals surface area contributed by atoms with Crippen LogP contribution in [0.15, 0.2) is 42.5 Å². The fraction of sp³-hybridized carbons (Fsp3) is 0.222. The molecule has 1 atom stereocenters. The van der Waals surface area contributed by atoms with Gasteiger partial charge in [0.15, 0.2) is 0 Å². The molecule has 0 aliphatic rings. The molecular formula is C18H16F3N5O3. The van der Waals surface area contributed by atoms with Crippen LogP contribution < -0.4 is 10.6 Å². The summed E-state index contributed by atoms with van der Waals surface area (Å²) in [6.45, 7) is -0.717. The molecule has 3 aromatic rings.